The van der Waals surface area contributed by atoms with Crippen LogP contribution in [0.4, 0.5) is 5.69 Å². The van der Waals surface area contributed by atoms with Gasteiger partial charge in [0.25, 0.3) is 0 Å². The van der Waals surface area contributed by atoms with Crippen LogP contribution in [0.3, 0.4) is 0 Å². The number of benzene rings is 1. The van der Waals surface area contributed by atoms with E-state index in [1.54, 1.807) is 18.2 Å². The van der Waals surface area contributed by atoms with Crippen LogP contribution >= 0.6 is 11.6 Å². The maximum Gasteiger partial charge on any atom is 0.337 e. The van der Waals surface area contributed by atoms with Gasteiger partial charge in [-0.15, -0.1) is 0 Å². The molecule has 0 bridgehead atoms. The molecule has 1 aromatic carbocycles. The number of aromatic carboxylic acids is 1. The van der Waals surface area contributed by atoms with Gasteiger partial charge in [-0.25, -0.2) is 4.79 Å². The van der Waals surface area contributed by atoms with Crippen molar-refractivity contribution < 1.29 is 9.90 Å². The molecule has 0 fully saturated rings. The first-order chi connectivity index (χ1) is 9.82. The Hall–Kier alpha value is -1.22. The Labute approximate surface area is 132 Å². The van der Waals surface area contributed by atoms with Crippen LogP contribution in [0.2, 0.25) is 5.02 Å². The summed E-state index contributed by atoms with van der Waals surface area (Å²) in [6, 6.07) is 5.08. The highest BCUT2D eigenvalue weighted by Crippen LogP contribution is 2.31. The van der Waals surface area contributed by atoms with Gasteiger partial charge in [0.1, 0.15) is 0 Å². The zero-order valence-electron chi connectivity index (χ0n) is 13.4. The third-order valence-electron chi connectivity index (χ3n) is 3.49. The third kappa shape index (κ3) is 5.58. The van der Waals surface area contributed by atoms with E-state index in [2.05, 4.69) is 32.6 Å². The first-order valence-electron chi connectivity index (χ1n) is 7.59. The normalized spacial score (nSPS) is 11.2. The van der Waals surface area contributed by atoms with Gasteiger partial charge in [-0.1, -0.05) is 45.4 Å². The zero-order chi connectivity index (χ0) is 16.0. The first kappa shape index (κ1) is 17.8. The van der Waals surface area contributed by atoms with Crippen LogP contribution in [-0.2, 0) is 0 Å². The van der Waals surface area contributed by atoms with E-state index in [9.17, 15) is 9.90 Å². The number of hydrogen-bond acceptors (Lipinski definition) is 2. The highest BCUT2D eigenvalue weighted by Gasteiger charge is 2.19. The molecule has 4 heteroatoms. The fourth-order valence-electron chi connectivity index (χ4n) is 2.17. The summed E-state index contributed by atoms with van der Waals surface area (Å²) < 4.78 is 0. The van der Waals surface area contributed by atoms with Gasteiger partial charge in [0.05, 0.1) is 16.3 Å². The van der Waals surface area contributed by atoms with Gasteiger partial charge in [-0.05, 0) is 36.8 Å². The molecule has 0 aliphatic rings. The smallest absolute Gasteiger partial charge is 0.337 e. The number of hydrogen-bond donors (Lipinski definition) is 1. The molecule has 1 N–H and O–H groups in total. The third-order valence-corrected chi connectivity index (χ3v) is 3.79. The van der Waals surface area contributed by atoms with Crippen molar-refractivity contribution >= 4 is 23.3 Å². The van der Waals surface area contributed by atoms with Gasteiger partial charge >= 0.3 is 5.97 Å². The lowest BCUT2D eigenvalue weighted by Crippen LogP contribution is -2.29. The van der Waals surface area contributed by atoms with E-state index in [1.807, 2.05) is 0 Å². The van der Waals surface area contributed by atoms with Crippen LogP contribution in [0.5, 0.6) is 0 Å². The molecule has 0 radical (unpaired) electrons. The molecule has 0 aliphatic heterocycles. The van der Waals surface area contributed by atoms with E-state index >= 15 is 0 Å². The van der Waals surface area contributed by atoms with Crippen molar-refractivity contribution in [1.29, 1.82) is 0 Å². The summed E-state index contributed by atoms with van der Waals surface area (Å²) in [5.74, 6) is 0.219. The van der Waals surface area contributed by atoms with E-state index in [0.717, 1.165) is 25.9 Å². The van der Waals surface area contributed by atoms with Crippen LogP contribution < -0.4 is 4.90 Å². The zero-order valence-corrected chi connectivity index (χ0v) is 14.2. The van der Waals surface area contributed by atoms with Crippen LogP contribution in [0.1, 0.15) is 50.9 Å². The van der Waals surface area contributed by atoms with Crippen molar-refractivity contribution in [3.63, 3.8) is 0 Å². The van der Waals surface area contributed by atoms with Gasteiger partial charge < -0.3 is 10.0 Å². The number of halogens is 1. The summed E-state index contributed by atoms with van der Waals surface area (Å²) in [7, 11) is 0. The first-order valence-corrected chi connectivity index (χ1v) is 7.97. The monoisotopic (exact) mass is 311 g/mol. The van der Waals surface area contributed by atoms with Gasteiger partial charge in [0, 0.05) is 13.1 Å². The van der Waals surface area contributed by atoms with Crippen LogP contribution in [0, 0.1) is 11.8 Å². The number of nitrogens with zero attached hydrogens (tertiary/aromatic N) is 1. The van der Waals surface area contributed by atoms with Crippen molar-refractivity contribution in [2.75, 3.05) is 18.0 Å². The molecule has 0 saturated heterocycles. The predicted octanol–water partition coefficient (Wildman–Crippen LogP) is 4.94. The lowest BCUT2D eigenvalue weighted by atomic mass is 10.1. The van der Waals surface area contributed by atoms with Gasteiger partial charge in [-0.3, -0.25) is 0 Å². The molecule has 118 valence electrons. The molecule has 3 nitrogen and oxygen atoms in total. The topological polar surface area (TPSA) is 40.5 Å². The molecule has 1 rings (SSSR count). The molecular weight excluding hydrogens is 286 g/mol. The minimum atomic E-state index is -0.924. The minimum absolute atomic E-state index is 0.287. The summed E-state index contributed by atoms with van der Waals surface area (Å²) in [6.45, 7) is 10.3. The summed E-state index contributed by atoms with van der Waals surface area (Å²) in [5.41, 5.74) is 0.947. The average Bonchev–Trinajstić information content (AvgIpc) is 2.38. The second kappa shape index (κ2) is 8.28. The van der Waals surface area contributed by atoms with E-state index in [4.69, 9.17) is 11.6 Å². The summed E-state index contributed by atoms with van der Waals surface area (Å²) in [5, 5.41) is 9.92. The second-order valence-electron chi connectivity index (χ2n) is 6.29. The molecule has 0 heterocycles. The minimum Gasteiger partial charge on any atom is -0.478 e. The average molecular weight is 312 g/mol. The SMILES string of the molecule is CC(C)CCN(CCC(C)C)c1c(Cl)cccc1C(=O)O. The molecule has 0 aromatic heterocycles. The quantitative estimate of drug-likeness (QED) is 0.739. The van der Waals surface area contributed by atoms with E-state index in [-0.39, 0.29) is 5.56 Å². The van der Waals surface area contributed by atoms with Crippen molar-refractivity contribution in [1.82, 2.24) is 0 Å². The van der Waals surface area contributed by atoms with Gasteiger partial charge in [0.15, 0.2) is 0 Å². The number of carboxylic acids is 1. The van der Waals surface area contributed by atoms with Crippen LogP contribution in [0.15, 0.2) is 18.2 Å². The molecule has 0 amide bonds. The van der Waals surface area contributed by atoms with Crippen molar-refractivity contribution in [2.24, 2.45) is 11.8 Å². The lowest BCUT2D eigenvalue weighted by Gasteiger charge is -2.28. The molecule has 21 heavy (non-hydrogen) atoms. The Balaban J connectivity index is 3.08. The maximum atomic E-state index is 11.5. The van der Waals surface area contributed by atoms with E-state index < -0.39 is 5.97 Å². The number of rotatable bonds is 8. The number of para-hydroxylation sites is 1. The number of carbonyl (C=O) groups is 1. The Kier molecular flexibility index (Phi) is 7.03. The van der Waals surface area contributed by atoms with E-state index in [0.29, 0.717) is 22.5 Å². The van der Waals surface area contributed by atoms with Crippen LogP contribution in [0.25, 0.3) is 0 Å². The Morgan fingerprint density at radius 2 is 1.67 bits per heavy atom. The highest BCUT2D eigenvalue weighted by atomic mass is 35.5. The fourth-order valence-corrected chi connectivity index (χ4v) is 2.47. The summed E-state index contributed by atoms with van der Waals surface area (Å²) >= 11 is 6.29. The van der Waals surface area contributed by atoms with Crippen molar-refractivity contribution in [3.05, 3.63) is 28.8 Å². The Morgan fingerprint density at radius 1 is 1.14 bits per heavy atom. The number of carboxylic acid groups (broad SMARTS) is 1. The molecule has 0 aliphatic carbocycles. The van der Waals surface area contributed by atoms with E-state index in [1.165, 1.54) is 0 Å². The largest absolute Gasteiger partial charge is 0.478 e. The number of anilines is 1. The molecule has 0 spiro atoms. The molecule has 0 atom stereocenters. The maximum absolute atomic E-state index is 11.5. The molecule has 0 saturated carbocycles. The molecular formula is C17H26ClNO2. The van der Waals surface area contributed by atoms with Gasteiger partial charge in [0.2, 0.25) is 0 Å². The molecule has 1 aromatic rings. The predicted molar refractivity (Wildman–Crippen MR) is 89.5 cm³/mol. The Bertz CT molecular complexity index is 460. The lowest BCUT2D eigenvalue weighted by molar-refractivity contribution is 0.0697. The second-order valence-corrected chi connectivity index (χ2v) is 6.70. The highest BCUT2D eigenvalue weighted by molar-refractivity contribution is 6.34. The summed E-state index contributed by atoms with van der Waals surface area (Å²) in [4.78, 5) is 13.6. The standard InChI is InChI=1S/C17H26ClNO2/c1-12(2)8-10-19(11-9-13(3)4)16-14(17(20)21)6-5-7-15(16)18/h5-7,12-13H,8-11H2,1-4H3,(H,20,21). The summed E-state index contributed by atoms with van der Waals surface area (Å²) in [6.07, 6.45) is 2.03. The molecule has 0 unspecified atom stereocenters. The van der Waals surface area contributed by atoms with Crippen molar-refractivity contribution in [3.8, 4) is 0 Å². The van der Waals surface area contributed by atoms with Crippen LogP contribution in [-0.4, -0.2) is 24.2 Å². The fraction of sp³-hybridized carbons (Fsp3) is 0.588. The van der Waals surface area contributed by atoms with Crippen molar-refractivity contribution in [2.45, 2.75) is 40.5 Å². The Morgan fingerprint density at radius 3 is 2.10 bits per heavy atom. The van der Waals surface area contributed by atoms with Gasteiger partial charge in [-0.2, -0.15) is 0 Å².